The van der Waals surface area contributed by atoms with Crippen LogP contribution in [0.3, 0.4) is 0 Å². The number of H-pyrrole nitrogens is 1. The van der Waals surface area contributed by atoms with Gasteiger partial charge in [0.1, 0.15) is 5.82 Å². The van der Waals surface area contributed by atoms with Crippen LogP contribution in [0.2, 0.25) is 0 Å². The van der Waals surface area contributed by atoms with E-state index in [0.717, 1.165) is 11.4 Å². The molecule has 0 bridgehead atoms. The molecule has 1 fully saturated rings. The second kappa shape index (κ2) is 11.3. The molecule has 1 aliphatic rings. The predicted molar refractivity (Wildman–Crippen MR) is 135 cm³/mol. The Balaban J connectivity index is 1.37. The molecule has 0 saturated heterocycles. The number of para-hydroxylation sites is 1. The summed E-state index contributed by atoms with van der Waals surface area (Å²) in [7, 11) is 1.68. The SMILES string of the molecule is CN(Cc1nc2ccccc2c(=O)[nH]1)C(=O)c1ccccc1SCC(=O)NCC1CCCCC1. The monoisotopic (exact) mass is 478 g/mol. The number of thioether (sulfide) groups is 1. The second-order valence-electron chi connectivity index (χ2n) is 8.78. The standard InChI is InChI=1S/C26H30N4O3S/c1-30(16-23-28-21-13-7-5-11-19(21)25(32)29-23)26(33)20-12-6-8-14-22(20)34-17-24(31)27-15-18-9-3-2-4-10-18/h5-8,11-14,18H,2-4,9-10,15-17H2,1H3,(H,27,31)(H,28,29,32). The molecule has 178 valence electrons. The third-order valence-corrected chi connectivity index (χ3v) is 7.26. The van der Waals surface area contributed by atoms with Crippen LogP contribution < -0.4 is 10.9 Å². The summed E-state index contributed by atoms with van der Waals surface area (Å²) < 4.78 is 0. The molecule has 1 aliphatic carbocycles. The highest BCUT2D eigenvalue weighted by Crippen LogP contribution is 2.25. The molecule has 7 nitrogen and oxygen atoms in total. The Bertz CT molecular complexity index is 1220. The van der Waals surface area contributed by atoms with Gasteiger partial charge >= 0.3 is 0 Å². The number of aromatic amines is 1. The van der Waals surface area contributed by atoms with E-state index in [-0.39, 0.29) is 29.7 Å². The van der Waals surface area contributed by atoms with E-state index >= 15 is 0 Å². The molecule has 1 heterocycles. The van der Waals surface area contributed by atoms with E-state index in [0.29, 0.717) is 28.2 Å². The van der Waals surface area contributed by atoms with E-state index in [1.165, 1.54) is 48.8 Å². The summed E-state index contributed by atoms with van der Waals surface area (Å²) in [6, 6.07) is 14.4. The van der Waals surface area contributed by atoms with E-state index < -0.39 is 0 Å². The van der Waals surface area contributed by atoms with Gasteiger partial charge in [0.05, 0.1) is 28.8 Å². The quantitative estimate of drug-likeness (QED) is 0.478. The van der Waals surface area contributed by atoms with Crippen LogP contribution in [0.4, 0.5) is 0 Å². The van der Waals surface area contributed by atoms with Crippen molar-refractivity contribution in [2.45, 2.75) is 43.5 Å². The molecule has 0 radical (unpaired) electrons. The van der Waals surface area contributed by atoms with Crippen LogP contribution in [0, 0.1) is 5.92 Å². The number of amides is 2. The first-order valence-corrected chi connectivity index (χ1v) is 12.7. The minimum Gasteiger partial charge on any atom is -0.355 e. The highest BCUT2D eigenvalue weighted by molar-refractivity contribution is 8.00. The van der Waals surface area contributed by atoms with E-state index in [4.69, 9.17) is 0 Å². The zero-order chi connectivity index (χ0) is 23.9. The third kappa shape index (κ3) is 6.05. The number of nitrogens with one attached hydrogen (secondary N) is 2. The molecule has 0 unspecified atom stereocenters. The maximum atomic E-state index is 13.2. The predicted octanol–water partition coefficient (Wildman–Crippen LogP) is 3.98. The van der Waals surface area contributed by atoms with Gasteiger partial charge in [0.25, 0.3) is 11.5 Å². The Kier molecular flexibility index (Phi) is 8.00. The fraction of sp³-hybridized carbons (Fsp3) is 0.385. The number of benzene rings is 2. The minimum atomic E-state index is -0.225. The Morgan fingerprint density at radius 1 is 1.09 bits per heavy atom. The van der Waals surface area contributed by atoms with E-state index in [9.17, 15) is 14.4 Å². The van der Waals surface area contributed by atoms with Crippen molar-refractivity contribution in [1.82, 2.24) is 20.2 Å². The van der Waals surface area contributed by atoms with E-state index in [1.807, 2.05) is 24.3 Å². The van der Waals surface area contributed by atoms with Crippen LogP contribution >= 0.6 is 11.8 Å². The maximum absolute atomic E-state index is 13.2. The van der Waals surface area contributed by atoms with Crippen LogP contribution in [0.1, 0.15) is 48.3 Å². The van der Waals surface area contributed by atoms with Crippen molar-refractivity contribution in [2.75, 3.05) is 19.3 Å². The molecule has 1 saturated carbocycles. The van der Waals surface area contributed by atoms with Crippen molar-refractivity contribution in [3.05, 3.63) is 70.3 Å². The number of aromatic nitrogens is 2. The summed E-state index contributed by atoms with van der Waals surface area (Å²) >= 11 is 1.37. The molecule has 3 aromatic rings. The minimum absolute atomic E-state index is 0.0101. The van der Waals surface area contributed by atoms with Crippen LogP contribution in [0.25, 0.3) is 10.9 Å². The maximum Gasteiger partial charge on any atom is 0.258 e. The Hall–Kier alpha value is -3.13. The van der Waals surface area contributed by atoms with Gasteiger partial charge in [-0.2, -0.15) is 0 Å². The number of carbonyl (C=O) groups is 2. The van der Waals surface area contributed by atoms with Crippen molar-refractivity contribution >= 4 is 34.5 Å². The molecule has 34 heavy (non-hydrogen) atoms. The van der Waals surface area contributed by atoms with E-state index in [2.05, 4.69) is 15.3 Å². The molecule has 2 amide bonds. The highest BCUT2D eigenvalue weighted by atomic mass is 32.2. The molecule has 2 aromatic carbocycles. The van der Waals surface area contributed by atoms with Crippen LogP contribution in [0.5, 0.6) is 0 Å². The van der Waals surface area contributed by atoms with Gasteiger partial charge < -0.3 is 15.2 Å². The summed E-state index contributed by atoms with van der Waals surface area (Å²) in [5.41, 5.74) is 0.896. The van der Waals surface area contributed by atoms with Crippen molar-refractivity contribution in [1.29, 1.82) is 0 Å². The van der Waals surface area contributed by atoms with E-state index in [1.54, 1.807) is 31.3 Å². The fourth-order valence-electron chi connectivity index (χ4n) is 4.32. The smallest absolute Gasteiger partial charge is 0.258 e. The summed E-state index contributed by atoms with van der Waals surface area (Å²) in [5.74, 6) is 1.07. The third-order valence-electron chi connectivity index (χ3n) is 6.18. The van der Waals surface area contributed by atoms with Crippen molar-refractivity contribution in [3.8, 4) is 0 Å². The average Bonchev–Trinajstić information content (AvgIpc) is 2.86. The number of hydrogen-bond donors (Lipinski definition) is 2. The van der Waals surface area contributed by atoms with Gasteiger partial charge in [-0.25, -0.2) is 4.98 Å². The van der Waals surface area contributed by atoms with Crippen LogP contribution in [-0.2, 0) is 11.3 Å². The number of hydrogen-bond acceptors (Lipinski definition) is 5. The van der Waals surface area contributed by atoms with Gasteiger partial charge in [-0.05, 0) is 43.0 Å². The fourth-order valence-corrected chi connectivity index (χ4v) is 5.20. The molecular weight excluding hydrogens is 448 g/mol. The van der Waals surface area contributed by atoms with Crippen molar-refractivity contribution < 1.29 is 9.59 Å². The number of rotatable bonds is 8. The normalized spacial score (nSPS) is 14.1. The van der Waals surface area contributed by atoms with Crippen molar-refractivity contribution in [3.63, 3.8) is 0 Å². The number of nitrogens with zero attached hydrogens (tertiary/aromatic N) is 2. The van der Waals surface area contributed by atoms with Crippen LogP contribution in [-0.4, -0.2) is 46.0 Å². The number of fused-ring (bicyclic) bond motifs is 1. The lowest BCUT2D eigenvalue weighted by Crippen LogP contribution is -2.31. The van der Waals surface area contributed by atoms with Crippen LogP contribution in [0.15, 0.2) is 58.2 Å². The number of carbonyl (C=O) groups excluding carboxylic acids is 2. The summed E-state index contributed by atoms with van der Waals surface area (Å²) in [6.07, 6.45) is 6.18. The first-order valence-electron chi connectivity index (χ1n) is 11.7. The summed E-state index contributed by atoms with van der Waals surface area (Å²) in [5, 5.41) is 3.57. The highest BCUT2D eigenvalue weighted by Gasteiger charge is 2.19. The zero-order valence-electron chi connectivity index (χ0n) is 19.4. The van der Waals surface area contributed by atoms with Gasteiger partial charge in [-0.15, -0.1) is 11.8 Å². The van der Waals surface area contributed by atoms with Gasteiger partial charge in [0.15, 0.2) is 0 Å². The molecular formula is C26H30N4O3S. The molecule has 0 aliphatic heterocycles. The lowest BCUT2D eigenvalue weighted by molar-refractivity contribution is -0.118. The van der Waals surface area contributed by atoms with Gasteiger partial charge in [0.2, 0.25) is 5.91 Å². The largest absolute Gasteiger partial charge is 0.355 e. The Morgan fingerprint density at radius 3 is 2.65 bits per heavy atom. The molecule has 0 atom stereocenters. The topological polar surface area (TPSA) is 95.2 Å². The second-order valence-corrected chi connectivity index (χ2v) is 9.80. The Labute approximate surface area is 203 Å². The van der Waals surface area contributed by atoms with Gasteiger partial charge in [-0.3, -0.25) is 14.4 Å². The zero-order valence-corrected chi connectivity index (χ0v) is 20.2. The molecule has 8 heteroatoms. The summed E-state index contributed by atoms with van der Waals surface area (Å²) in [4.78, 5) is 47.4. The lowest BCUT2D eigenvalue weighted by Gasteiger charge is -2.21. The van der Waals surface area contributed by atoms with Gasteiger partial charge in [-0.1, -0.05) is 43.5 Å². The Morgan fingerprint density at radius 2 is 1.82 bits per heavy atom. The average molecular weight is 479 g/mol. The first-order chi connectivity index (χ1) is 16.5. The summed E-state index contributed by atoms with van der Waals surface area (Å²) in [6.45, 7) is 0.902. The first kappa shape index (κ1) is 24.0. The molecule has 4 rings (SSSR count). The molecule has 0 spiro atoms. The molecule has 2 N–H and O–H groups in total. The van der Waals surface area contributed by atoms with Gasteiger partial charge in [0, 0.05) is 18.5 Å². The molecule has 1 aromatic heterocycles. The lowest BCUT2D eigenvalue weighted by atomic mass is 9.89. The van der Waals surface area contributed by atoms with Crippen molar-refractivity contribution in [2.24, 2.45) is 5.92 Å².